The van der Waals surface area contributed by atoms with E-state index in [0.29, 0.717) is 0 Å². The monoisotopic (exact) mass is 253 g/mol. The van der Waals surface area contributed by atoms with Crippen molar-refractivity contribution >= 4 is 15.9 Å². The predicted octanol–water partition coefficient (Wildman–Crippen LogP) is 3.32. The van der Waals surface area contributed by atoms with Crippen molar-refractivity contribution in [2.24, 2.45) is 0 Å². The molecule has 1 aromatic rings. The molecule has 1 saturated carbocycles. The van der Waals surface area contributed by atoms with Crippen LogP contribution in [0.3, 0.4) is 0 Å². The lowest BCUT2D eigenvalue weighted by atomic mass is 10.1. The summed E-state index contributed by atoms with van der Waals surface area (Å²) in [6, 6.07) is 5.20. The number of hydrogen-bond donors (Lipinski definition) is 1. The number of aryl methyl sites for hydroxylation is 1. The Morgan fingerprint density at radius 3 is 2.71 bits per heavy atom. The Morgan fingerprint density at radius 2 is 2.07 bits per heavy atom. The molecule has 1 fully saturated rings. The van der Waals surface area contributed by atoms with Crippen molar-refractivity contribution in [2.45, 2.75) is 39.3 Å². The van der Waals surface area contributed by atoms with E-state index in [4.69, 9.17) is 0 Å². The van der Waals surface area contributed by atoms with Gasteiger partial charge in [-0.1, -0.05) is 28.1 Å². The zero-order valence-electron chi connectivity index (χ0n) is 8.73. The Bertz CT molecular complexity index is 342. The van der Waals surface area contributed by atoms with E-state index in [1.807, 2.05) is 0 Å². The molecule has 2 heteroatoms. The minimum atomic E-state index is 0.787. The first-order valence-corrected chi connectivity index (χ1v) is 5.95. The Balaban J connectivity index is 2.11. The molecule has 0 aromatic heterocycles. The molecule has 2 rings (SSSR count). The van der Waals surface area contributed by atoms with Gasteiger partial charge in [0.05, 0.1) is 0 Å². The topological polar surface area (TPSA) is 12.0 Å². The molecule has 0 unspecified atom stereocenters. The first-order chi connectivity index (χ1) is 6.68. The summed E-state index contributed by atoms with van der Waals surface area (Å²) in [5.41, 5.74) is 4.10. The number of benzene rings is 1. The maximum atomic E-state index is 3.62. The van der Waals surface area contributed by atoms with E-state index in [0.717, 1.165) is 12.6 Å². The van der Waals surface area contributed by atoms with Crippen LogP contribution >= 0.6 is 15.9 Å². The third-order valence-corrected chi connectivity index (χ3v) is 4.07. The lowest BCUT2D eigenvalue weighted by Gasteiger charge is -2.10. The largest absolute Gasteiger partial charge is 0.310 e. The summed E-state index contributed by atoms with van der Waals surface area (Å²) < 4.78 is 1.26. The van der Waals surface area contributed by atoms with Crippen LogP contribution in [0.15, 0.2) is 16.6 Å². The maximum absolute atomic E-state index is 3.62. The van der Waals surface area contributed by atoms with Crippen molar-refractivity contribution in [3.05, 3.63) is 33.3 Å². The Morgan fingerprint density at radius 1 is 1.36 bits per heavy atom. The van der Waals surface area contributed by atoms with Gasteiger partial charge in [-0.2, -0.15) is 0 Å². The van der Waals surface area contributed by atoms with Crippen molar-refractivity contribution in [2.75, 3.05) is 0 Å². The highest BCUT2D eigenvalue weighted by Gasteiger charge is 2.20. The van der Waals surface area contributed by atoms with E-state index in [-0.39, 0.29) is 0 Å². The van der Waals surface area contributed by atoms with Crippen LogP contribution in [0.25, 0.3) is 0 Å². The van der Waals surface area contributed by atoms with Gasteiger partial charge < -0.3 is 5.32 Å². The summed E-state index contributed by atoms with van der Waals surface area (Å²) in [7, 11) is 0. The lowest BCUT2D eigenvalue weighted by molar-refractivity contribution is 0.684. The summed E-state index contributed by atoms with van der Waals surface area (Å²) in [6.45, 7) is 5.32. The molecule has 0 aliphatic heterocycles. The second-order valence-corrected chi connectivity index (χ2v) is 4.93. The molecule has 0 amide bonds. The van der Waals surface area contributed by atoms with Crippen LogP contribution in [-0.4, -0.2) is 6.04 Å². The zero-order chi connectivity index (χ0) is 10.1. The van der Waals surface area contributed by atoms with Crippen molar-refractivity contribution in [1.29, 1.82) is 0 Å². The second-order valence-electron chi connectivity index (χ2n) is 4.14. The average molecular weight is 254 g/mol. The number of hydrogen-bond acceptors (Lipinski definition) is 1. The van der Waals surface area contributed by atoms with Crippen LogP contribution < -0.4 is 5.32 Å². The fourth-order valence-electron chi connectivity index (χ4n) is 1.59. The number of nitrogens with one attached hydrogen (secondary N) is 1. The first-order valence-electron chi connectivity index (χ1n) is 5.16. The summed E-state index contributed by atoms with van der Waals surface area (Å²) in [4.78, 5) is 0. The van der Waals surface area contributed by atoms with Gasteiger partial charge in [-0.25, -0.2) is 0 Å². The van der Waals surface area contributed by atoms with Crippen LogP contribution in [0, 0.1) is 13.8 Å². The molecule has 14 heavy (non-hydrogen) atoms. The van der Waals surface area contributed by atoms with Gasteiger partial charge in [-0.05, 0) is 43.4 Å². The lowest BCUT2D eigenvalue weighted by Crippen LogP contribution is -2.16. The van der Waals surface area contributed by atoms with E-state index in [1.54, 1.807) is 0 Å². The molecule has 0 radical (unpaired) electrons. The standard InChI is InChI=1S/C12H16BrN/c1-8-3-4-10(9(2)12(8)13)7-14-11-5-6-11/h3-4,11,14H,5-7H2,1-2H3. The fraction of sp³-hybridized carbons (Fsp3) is 0.500. The van der Waals surface area contributed by atoms with Crippen LogP contribution in [0.2, 0.25) is 0 Å². The Labute approximate surface area is 94.0 Å². The van der Waals surface area contributed by atoms with E-state index in [2.05, 4.69) is 47.2 Å². The van der Waals surface area contributed by atoms with Gasteiger partial charge in [0, 0.05) is 17.1 Å². The van der Waals surface area contributed by atoms with Crippen LogP contribution in [-0.2, 0) is 6.54 Å². The second kappa shape index (κ2) is 4.03. The van der Waals surface area contributed by atoms with Crippen LogP contribution in [0.4, 0.5) is 0 Å². The molecule has 0 bridgehead atoms. The van der Waals surface area contributed by atoms with Crippen molar-refractivity contribution in [1.82, 2.24) is 5.32 Å². The summed E-state index contributed by atoms with van der Waals surface area (Å²) in [5, 5.41) is 3.54. The third-order valence-electron chi connectivity index (χ3n) is 2.85. The van der Waals surface area contributed by atoms with Gasteiger partial charge in [0.2, 0.25) is 0 Å². The third kappa shape index (κ3) is 2.18. The van der Waals surface area contributed by atoms with Gasteiger partial charge in [-0.15, -0.1) is 0 Å². The number of rotatable bonds is 3. The predicted molar refractivity (Wildman–Crippen MR) is 63.5 cm³/mol. The molecule has 1 N–H and O–H groups in total. The molecular formula is C12H16BrN. The zero-order valence-corrected chi connectivity index (χ0v) is 10.3. The molecule has 0 saturated heterocycles. The van der Waals surface area contributed by atoms with Crippen LogP contribution in [0.1, 0.15) is 29.5 Å². The Hall–Kier alpha value is -0.340. The molecule has 0 heterocycles. The molecule has 76 valence electrons. The van der Waals surface area contributed by atoms with Gasteiger partial charge in [0.1, 0.15) is 0 Å². The highest BCUT2D eigenvalue weighted by Crippen LogP contribution is 2.25. The molecule has 1 aromatic carbocycles. The van der Waals surface area contributed by atoms with Crippen LogP contribution in [0.5, 0.6) is 0 Å². The fourth-order valence-corrected chi connectivity index (χ4v) is 1.98. The molecule has 1 nitrogen and oxygen atoms in total. The van der Waals surface area contributed by atoms with E-state index in [1.165, 1.54) is 34.0 Å². The number of halogens is 1. The highest BCUT2D eigenvalue weighted by molar-refractivity contribution is 9.10. The normalized spacial score (nSPS) is 15.9. The van der Waals surface area contributed by atoms with Crippen molar-refractivity contribution < 1.29 is 0 Å². The van der Waals surface area contributed by atoms with Gasteiger partial charge >= 0.3 is 0 Å². The Kier molecular flexibility index (Phi) is 2.93. The maximum Gasteiger partial charge on any atom is 0.0236 e. The van der Waals surface area contributed by atoms with E-state index < -0.39 is 0 Å². The van der Waals surface area contributed by atoms with Gasteiger partial charge in [-0.3, -0.25) is 0 Å². The molecule has 0 spiro atoms. The highest BCUT2D eigenvalue weighted by atomic mass is 79.9. The minimum absolute atomic E-state index is 0.787. The van der Waals surface area contributed by atoms with Gasteiger partial charge in [0.25, 0.3) is 0 Å². The quantitative estimate of drug-likeness (QED) is 0.872. The van der Waals surface area contributed by atoms with Crippen molar-refractivity contribution in [3.63, 3.8) is 0 Å². The minimum Gasteiger partial charge on any atom is -0.310 e. The van der Waals surface area contributed by atoms with E-state index in [9.17, 15) is 0 Å². The SMILES string of the molecule is Cc1ccc(CNC2CC2)c(C)c1Br. The summed E-state index contributed by atoms with van der Waals surface area (Å²) in [6.07, 6.45) is 2.71. The summed E-state index contributed by atoms with van der Waals surface area (Å²) in [5.74, 6) is 0. The first kappa shape index (κ1) is 10.2. The molecule has 1 aliphatic rings. The van der Waals surface area contributed by atoms with Gasteiger partial charge in [0.15, 0.2) is 0 Å². The molecular weight excluding hydrogens is 238 g/mol. The molecule has 0 atom stereocenters. The average Bonchev–Trinajstić information content (AvgIpc) is 2.97. The molecule has 1 aliphatic carbocycles. The van der Waals surface area contributed by atoms with E-state index >= 15 is 0 Å². The smallest absolute Gasteiger partial charge is 0.0236 e. The van der Waals surface area contributed by atoms with Crippen molar-refractivity contribution in [3.8, 4) is 0 Å². The summed E-state index contributed by atoms with van der Waals surface area (Å²) >= 11 is 3.62.